The Morgan fingerprint density at radius 3 is 2.86 bits per heavy atom. The van der Waals surface area contributed by atoms with Crippen LogP contribution in [0.4, 0.5) is 14.5 Å². The fraction of sp³-hybridized carbons (Fsp3) is 0.133. The van der Waals surface area contributed by atoms with Crippen LogP contribution in [0, 0.1) is 0 Å². The maximum absolute atomic E-state index is 12.4. The Morgan fingerprint density at radius 2 is 2.00 bits per heavy atom. The molecule has 0 aliphatic rings. The van der Waals surface area contributed by atoms with Crippen LogP contribution in [0.5, 0.6) is 5.75 Å². The maximum Gasteiger partial charge on any atom is 0.387 e. The van der Waals surface area contributed by atoms with Gasteiger partial charge >= 0.3 is 6.61 Å². The predicted octanol–water partition coefficient (Wildman–Crippen LogP) is 3.78. The van der Waals surface area contributed by atoms with E-state index in [4.69, 9.17) is 0 Å². The number of hydrogen-bond donors (Lipinski definition) is 2. The number of hydrogen-bond acceptors (Lipinski definition) is 3. The summed E-state index contributed by atoms with van der Waals surface area (Å²) in [6, 6.07) is 12.5. The molecule has 108 valence electrons. The van der Waals surface area contributed by atoms with Crippen LogP contribution < -0.4 is 10.1 Å². The van der Waals surface area contributed by atoms with Gasteiger partial charge in [-0.05, 0) is 12.1 Å². The van der Waals surface area contributed by atoms with Gasteiger partial charge in [0.2, 0.25) is 0 Å². The zero-order valence-corrected chi connectivity index (χ0v) is 11.0. The van der Waals surface area contributed by atoms with Crippen LogP contribution in [0.2, 0.25) is 0 Å². The molecule has 0 bridgehead atoms. The topological polar surface area (TPSA) is 49.9 Å². The highest BCUT2D eigenvalue weighted by Crippen LogP contribution is 2.24. The van der Waals surface area contributed by atoms with Gasteiger partial charge in [-0.2, -0.15) is 13.9 Å². The largest absolute Gasteiger partial charge is 0.434 e. The molecule has 0 aliphatic carbocycles. The van der Waals surface area contributed by atoms with E-state index in [1.807, 2.05) is 18.2 Å². The molecule has 2 N–H and O–H groups in total. The number of anilines is 1. The molecule has 0 aliphatic heterocycles. The number of aromatic nitrogens is 2. The number of fused-ring (bicyclic) bond motifs is 1. The third-order valence-corrected chi connectivity index (χ3v) is 3.13. The maximum atomic E-state index is 12.4. The molecule has 21 heavy (non-hydrogen) atoms. The summed E-state index contributed by atoms with van der Waals surface area (Å²) in [6.45, 7) is -2.46. The lowest BCUT2D eigenvalue weighted by Gasteiger charge is -2.12. The summed E-state index contributed by atoms with van der Waals surface area (Å²) in [7, 11) is 0. The van der Waals surface area contributed by atoms with E-state index in [9.17, 15) is 8.78 Å². The lowest BCUT2D eigenvalue weighted by molar-refractivity contribution is -0.0504. The molecule has 0 radical (unpaired) electrons. The number of aromatic amines is 1. The van der Waals surface area contributed by atoms with E-state index in [1.165, 1.54) is 6.07 Å². The summed E-state index contributed by atoms with van der Waals surface area (Å²) in [6.07, 6.45) is 1.73. The second-order valence-corrected chi connectivity index (χ2v) is 4.48. The highest BCUT2D eigenvalue weighted by atomic mass is 19.3. The normalized spacial score (nSPS) is 11.0. The van der Waals surface area contributed by atoms with E-state index < -0.39 is 6.61 Å². The Labute approximate surface area is 119 Å². The van der Waals surface area contributed by atoms with Gasteiger partial charge in [-0.1, -0.05) is 30.3 Å². The van der Waals surface area contributed by atoms with Gasteiger partial charge in [-0.3, -0.25) is 5.10 Å². The molecule has 4 nitrogen and oxygen atoms in total. The second-order valence-electron chi connectivity index (χ2n) is 4.48. The molecule has 0 amide bonds. The van der Waals surface area contributed by atoms with E-state index in [0.717, 1.165) is 16.6 Å². The average molecular weight is 289 g/mol. The predicted molar refractivity (Wildman–Crippen MR) is 76.5 cm³/mol. The van der Waals surface area contributed by atoms with Crippen LogP contribution in [0.1, 0.15) is 5.56 Å². The highest BCUT2D eigenvalue weighted by Gasteiger charge is 2.09. The van der Waals surface area contributed by atoms with Crippen molar-refractivity contribution in [1.29, 1.82) is 0 Å². The third kappa shape index (κ3) is 2.94. The Balaban J connectivity index is 1.80. The smallest absolute Gasteiger partial charge is 0.387 e. The standard InChI is InChI=1S/C15H13F2N3O/c16-15(17)21-13-7-2-1-4-10(13)8-18-12-6-3-5-11-9-19-20-14(11)12/h1-7,9,15,18H,8H2,(H,19,20). The highest BCUT2D eigenvalue weighted by molar-refractivity contribution is 5.89. The number of para-hydroxylation sites is 2. The van der Waals surface area contributed by atoms with Crippen LogP contribution >= 0.6 is 0 Å². The Hall–Kier alpha value is -2.63. The van der Waals surface area contributed by atoms with Crippen LogP contribution in [0.3, 0.4) is 0 Å². The number of alkyl halides is 2. The van der Waals surface area contributed by atoms with Crippen molar-refractivity contribution in [3.05, 3.63) is 54.2 Å². The first kappa shape index (κ1) is 13.4. The number of H-pyrrole nitrogens is 1. The summed E-state index contributed by atoms with van der Waals surface area (Å²) in [5, 5.41) is 11.1. The fourth-order valence-corrected chi connectivity index (χ4v) is 2.17. The van der Waals surface area contributed by atoms with Crippen LogP contribution in [0.15, 0.2) is 48.7 Å². The summed E-state index contributed by atoms with van der Waals surface area (Å²) in [4.78, 5) is 0. The number of halogens is 2. The van der Waals surface area contributed by atoms with Crippen molar-refractivity contribution in [2.45, 2.75) is 13.2 Å². The van der Waals surface area contributed by atoms with Crippen molar-refractivity contribution < 1.29 is 13.5 Å². The average Bonchev–Trinajstić information content (AvgIpc) is 2.95. The lowest BCUT2D eigenvalue weighted by atomic mass is 10.2. The first-order valence-corrected chi connectivity index (χ1v) is 6.43. The van der Waals surface area contributed by atoms with Gasteiger partial charge in [-0.15, -0.1) is 0 Å². The van der Waals surface area contributed by atoms with Crippen molar-refractivity contribution in [3.8, 4) is 5.75 Å². The minimum Gasteiger partial charge on any atom is -0.434 e. The molecule has 3 aromatic rings. The van der Waals surface area contributed by atoms with Gasteiger partial charge in [0.15, 0.2) is 0 Å². The van der Waals surface area contributed by atoms with Crippen LogP contribution in [-0.4, -0.2) is 16.8 Å². The van der Waals surface area contributed by atoms with E-state index in [2.05, 4.69) is 20.3 Å². The SMILES string of the molecule is FC(F)Oc1ccccc1CNc1cccc2cn[nH]c12. The molecule has 0 saturated heterocycles. The molecule has 0 fully saturated rings. The quantitative estimate of drug-likeness (QED) is 0.751. The van der Waals surface area contributed by atoms with Crippen molar-refractivity contribution >= 4 is 16.6 Å². The summed E-state index contributed by atoms with van der Waals surface area (Å²) in [5.41, 5.74) is 2.40. The van der Waals surface area contributed by atoms with Crippen molar-refractivity contribution in [3.63, 3.8) is 0 Å². The summed E-state index contributed by atoms with van der Waals surface area (Å²) >= 11 is 0. The fourth-order valence-electron chi connectivity index (χ4n) is 2.17. The van der Waals surface area contributed by atoms with E-state index in [-0.39, 0.29) is 5.75 Å². The number of rotatable bonds is 5. The first-order valence-electron chi connectivity index (χ1n) is 6.43. The molecule has 0 atom stereocenters. The number of benzene rings is 2. The summed E-state index contributed by atoms with van der Waals surface area (Å²) < 4.78 is 29.3. The van der Waals surface area contributed by atoms with Gasteiger partial charge in [0.1, 0.15) is 5.75 Å². The molecular weight excluding hydrogens is 276 g/mol. The van der Waals surface area contributed by atoms with Crippen LogP contribution in [-0.2, 0) is 6.54 Å². The van der Waals surface area contributed by atoms with Crippen molar-refractivity contribution in [2.75, 3.05) is 5.32 Å². The molecule has 0 spiro atoms. The number of ether oxygens (including phenoxy) is 1. The number of nitrogens with one attached hydrogen (secondary N) is 2. The van der Waals surface area contributed by atoms with E-state index in [1.54, 1.807) is 24.4 Å². The van der Waals surface area contributed by atoms with Gasteiger partial charge in [0, 0.05) is 17.5 Å². The molecule has 1 heterocycles. The number of nitrogens with zero attached hydrogens (tertiary/aromatic N) is 1. The molecule has 6 heteroatoms. The minimum absolute atomic E-state index is 0.178. The molecular formula is C15H13F2N3O. The van der Waals surface area contributed by atoms with Gasteiger partial charge in [0.25, 0.3) is 0 Å². The van der Waals surface area contributed by atoms with E-state index >= 15 is 0 Å². The monoisotopic (exact) mass is 289 g/mol. The van der Waals surface area contributed by atoms with Crippen molar-refractivity contribution in [2.24, 2.45) is 0 Å². The van der Waals surface area contributed by atoms with Gasteiger partial charge in [-0.25, -0.2) is 0 Å². The Morgan fingerprint density at radius 1 is 1.14 bits per heavy atom. The molecule has 0 saturated carbocycles. The second kappa shape index (κ2) is 5.78. The summed E-state index contributed by atoms with van der Waals surface area (Å²) in [5.74, 6) is 0.178. The molecule has 2 aromatic carbocycles. The van der Waals surface area contributed by atoms with Crippen molar-refractivity contribution in [1.82, 2.24) is 10.2 Å². The molecule has 1 aromatic heterocycles. The third-order valence-electron chi connectivity index (χ3n) is 3.13. The van der Waals surface area contributed by atoms with E-state index in [0.29, 0.717) is 12.1 Å². The zero-order chi connectivity index (χ0) is 14.7. The first-order chi connectivity index (χ1) is 10.2. The molecule has 3 rings (SSSR count). The minimum atomic E-state index is -2.83. The van der Waals surface area contributed by atoms with Crippen LogP contribution in [0.25, 0.3) is 10.9 Å². The molecule has 0 unspecified atom stereocenters. The van der Waals surface area contributed by atoms with Gasteiger partial charge in [0.05, 0.1) is 17.4 Å². The Kier molecular flexibility index (Phi) is 3.68. The zero-order valence-electron chi connectivity index (χ0n) is 11.0. The van der Waals surface area contributed by atoms with Gasteiger partial charge < -0.3 is 10.1 Å². The Bertz CT molecular complexity index is 742. The lowest BCUT2D eigenvalue weighted by Crippen LogP contribution is -2.07.